The van der Waals surface area contributed by atoms with Crippen LogP contribution in [0.2, 0.25) is 0 Å². The van der Waals surface area contributed by atoms with E-state index in [0.29, 0.717) is 11.1 Å². The topological polar surface area (TPSA) is 67.0 Å². The van der Waals surface area contributed by atoms with Gasteiger partial charge in [-0.25, -0.2) is 4.39 Å². The molecule has 4 rings (SSSR count). The molecular weight excluding hydrogens is 381 g/mol. The second kappa shape index (κ2) is 8.61. The van der Waals surface area contributed by atoms with Gasteiger partial charge in [0.25, 0.3) is 5.91 Å². The van der Waals surface area contributed by atoms with Crippen molar-refractivity contribution < 1.29 is 13.9 Å². The number of aromatic nitrogens is 2. The highest BCUT2D eigenvalue weighted by molar-refractivity contribution is 5.94. The third kappa shape index (κ3) is 4.22. The standard InChI is InChI=1S/C24H20FN3O2/c1-30-20-7-4-6-18(13-20)23-14-22(27-28-23)16-9-11-17(12-10-16)24(29)26-15-19-5-2-3-8-21(19)25/h2-14H,15H2,1H3,(H,26,29)(H,27,28). The van der Waals surface area contributed by atoms with Crippen LogP contribution in [0.15, 0.2) is 78.9 Å². The number of ether oxygens (including phenoxy) is 1. The van der Waals surface area contributed by atoms with Crippen molar-refractivity contribution in [2.75, 3.05) is 7.11 Å². The first kappa shape index (κ1) is 19.4. The molecule has 0 saturated heterocycles. The van der Waals surface area contributed by atoms with Crippen LogP contribution in [0, 0.1) is 5.82 Å². The molecule has 30 heavy (non-hydrogen) atoms. The molecule has 0 radical (unpaired) electrons. The fourth-order valence-electron chi connectivity index (χ4n) is 3.12. The summed E-state index contributed by atoms with van der Waals surface area (Å²) in [6, 6.07) is 23.2. The van der Waals surface area contributed by atoms with E-state index in [4.69, 9.17) is 4.74 Å². The van der Waals surface area contributed by atoms with Gasteiger partial charge in [0.15, 0.2) is 0 Å². The van der Waals surface area contributed by atoms with Crippen molar-refractivity contribution in [2.45, 2.75) is 6.54 Å². The fourth-order valence-corrected chi connectivity index (χ4v) is 3.12. The summed E-state index contributed by atoms with van der Waals surface area (Å²) in [5, 5.41) is 10.1. The Balaban J connectivity index is 1.45. The molecule has 0 aliphatic heterocycles. The van der Waals surface area contributed by atoms with Gasteiger partial charge >= 0.3 is 0 Å². The highest BCUT2D eigenvalue weighted by Crippen LogP contribution is 2.26. The van der Waals surface area contributed by atoms with E-state index < -0.39 is 0 Å². The first-order chi connectivity index (χ1) is 14.6. The summed E-state index contributed by atoms with van der Waals surface area (Å²) in [5.74, 6) is 0.175. The maximum Gasteiger partial charge on any atom is 0.251 e. The fraction of sp³-hybridized carbons (Fsp3) is 0.0833. The van der Waals surface area contributed by atoms with Crippen molar-refractivity contribution in [1.82, 2.24) is 15.5 Å². The van der Waals surface area contributed by atoms with Crippen molar-refractivity contribution in [3.05, 3.63) is 95.8 Å². The molecule has 0 fully saturated rings. The Hall–Kier alpha value is -3.93. The first-order valence-corrected chi connectivity index (χ1v) is 9.46. The van der Waals surface area contributed by atoms with Gasteiger partial charge in [0.1, 0.15) is 11.6 Å². The van der Waals surface area contributed by atoms with Crippen LogP contribution in [0.3, 0.4) is 0 Å². The Kier molecular flexibility index (Phi) is 5.57. The number of rotatable bonds is 6. The van der Waals surface area contributed by atoms with Crippen molar-refractivity contribution in [2.24, 2.45) is 0 Å². The third-order valence-electron chi connectivity index (χ3n) is 4.80. The Morgan fingerprint density at radius 1 is 1.00 bits per heavy atom. The predicted octanol–water partition coefficient (Wildman–Crippen LogP) is 4.82. The maximum absolute atomic E-state index is 13.7. The molecule has 5 nitrogen and oxygen atoms in total. The summed E-state index contributed by atoms with van der Waals surface area (Å²) in [4.78, 5) is 12.4. The molecule has 0 spiro atoms. The van der Waals surface area contributed by atoms with Crippen LogP contribution in [0.4, 0.5) is 4.39 Å². The number of halogens is 1. The minimum absolute atomic E-state index is 0.137. The van der Waals surface area contributed by atoms with Gasteiger partial charge in [-0.3, -0.25) is 9.89 Å². The lowest BCUT2D eigenvalue weighted by molar-refractivity contribution is 0.0950. The predicted molar refractivity (Wildman–Crippen MR) is 114 cm³/mol. The zero-order valence-electron chi connectivity index (χ0n) is 16.4. The number of carbonyl (C=O) groups excluding carboxylic acids is 1. The number of nitrogens with zero attached hydrogens (tertiary/aromatic N) is 1. The normalized spacial score (nSPS) is 10.6. The highest BCUT2D eigenvalue weighted by Gasteiger charge is 2.10. The molecule has 1 heterocycles. The summed E-state index contributed by atoms with van der Waals surface area (Å²) in [5.41, 5.74) is 4.44. The van der Waals surface area contributed by atoms with E-state index in [1.165, 1.54) is 6.07 Å². The van der Waals surface area contributed by atoms with Gasteiger partial charge < -0.3 is 10.1 Å². The van der Waals surface area contributed by atoms with Crippen molar-refractivity contribution >= 4 is 5.91 Å². The van der Waals surface area contributed by atoms with E-state index in [0.717, 1.165) is 28.3 Å². The van der Waals surface area contributed by atoms with Crippen LogP contribution in [0.1, 0.15) is 15.9 Å². The van der Waals surface area contributed by atoms with E-state index in [9.17, 15) is 9.18 Å². The van der Waals surface area contributed by atoms with Gasteiger partial charge in [0, 0.05) is 23.2 Å². The van der Waals surface area contributed by atoms with Crippen LogP contribution in [0.25, 0.3) is 22.5 Å². The molecular formula is C24H20FN3O2. The Bertz CT molecular complexity index is 1170. The van der Waals surface area contributed by atoms with Crippen LogP contribution in [-0.2, 0) is 6.54 Å². The summed E-state index contributed by atoms with van der Waals surface area (Å²) >= 11 is 0. The number of carbonyl (C=O) groups is 1. The molecule has 3 aromatic carbocycles. The second-order valence-corrected chi connectivity index (χ2v) is 6.75. The zero-order chi connectivity index (χ0) is 20.9. The SMILES string of the molecule is COc1cccc(-c2cc(-c3ccc(C(=O)NCc4ccccc4F)cc3)[nH]n2)c1. The average molecular weight is 401 g/mol. The Morgan fingerprint density at radius 3 is 2.57 bits per heavy atom. The van der Waals surface area contributed by atoms with E-state index in [2.05, 4.69) is 15.5 Å². The van der Waals surface area contributed by atoms with Crippen molar-refractivity contribution in [1.29, 1.82) is 0 Å². The van der Waals surface area contributed by atoms with Crippen LogP contribution < -0.4 is 10.1 Å². The average Bonchev–Trinajstić information content (AvgIpc) is 3.29. The molecule has 0 bridgehead atoms. The highest BCUT2D eigenvalue weighted by atomic mass is 19.1. The summed E-state index contributed by atoms with van der Waals surface area (Å²) in [6.45, 7) is 0.137. The number of benzene rings is 3. The lowest BCUT2D eigenvalue weighted by Gasteiger charge is -2.07. The van der Waals surface area contributed by atoms with Crippen LogP contribution in [0.5, 0.6) is 5.75 Å². The molecule has 0 aliphatic carbocycles. The zero-order valence-corrected chi connectivity index (χ0v) is 16.4. The summed E-state index contributed by atoms with van der Waals surface area (Å²) < 4.78 is 18.9. The molecule has 0 unspecified atom stereocenters. The number of hydrogen-bond donors (Lipinski definition) is 2. The number of aromatic amines is 1. The number of amides is 1. The number of methoxy groups -OCH3 is 1. The minimum atomic E-state index is -0.334. The van der Waals surface area contributed by atoms with E-state index >= 15 is 0 Å². The van der Waals surface area contributed by atoms with E-state index in [1.807, 2.05) is 42.5 Å². The van der Waals surface area contributed by atoms with Gasteiger partial charge in [-0.05, 0) is 42.0 Å². The van der Waals surface area contributed by atoms with Gasteiger partial charge in [-0.1, -0.05) is 42.5 Å². The van der Waals surface area contributed by atoms with Gasteiger partial charge in [0.2, 0.25) is 0 Å². The second-order valence-electron chi connectivity index (χ2n) is 6.75. The molecule has 4 aromatic rings. The lowest BCUT2D eigenvalue weighted by Crippen LogP contribution is -2.23. The quantitative estimate of drug-likeness (QED) is 0.487. The molecule has 0 aliphatic rings. The molecule has 150 valence electrons. The van der Waals surface area contributed by atoms with Crippen LogP contribution in [-0.4, -0.2) is 23.2 Å². The molecule has 2 N–H and O–H groups in total. The molecule has 1 amide bonds. The summed E-state index contributed by atoms with van der Waals surface area (Å²) in [7, 11) is 1.63. The van der Waals surface area contributed by atoms with Crippen molar-refractivity contribution in [3.63, 3.8) is 0 Å². The smallest absolute Gasteiger partial charge is 0.251 e. The van der Waals surface area contributed by atoms with E-state index in [-0.39, 0.29) is 18.3 Å². The lowest BCUT2D eigenvalue weighted by atomic mass is 10.1. The Labute approximate surface area is 173 Å². The number of hydrogen-bond acceptors (Lipinski definition) is 3. The maximum atomic E-state index is 13.7. The molecule has 6 heteroatoms. The number of nitrogens with one attached hydrogen (secondary N) is 2. The number of H-pyrrole nitrogens is 1. The summed E-state index contributed by atoms with van der Waals surface area (Å²) in [6.07, 6.45) is 0. The largest absolute Gasteiger partial charge is 0.497 e. The molecule has 0 atom stereocenters. The van der Waals surface area contributed by atoms with Crippen molar-refractivity contribution in [3.8, 4) is 28.3 Å². The van der Waals surface area contributed by atoms with E-state index in [1.54, 1.807) is 37.4 Å². The monoisotopic (exact) mass is 401 g/mol. The van der Waals surface area contributed by atoms with Gasteiger partial charge in [-0.2, -0.15) is 5.10 Å². The third-order valence-corrected chi connectivity index (χ3v) is 4.80. The first-order valence-electron chi connectivity index (χ1n) is 9.46. The molecule has 1 aromatic heterocycles. The minimum Gasteiger partial charge on any atom is -0.497 e. The Morgan fingerprint density at radius 2 is 1.80 bits per heavy atom. The van der Waals surface area contributed by atoms with Gasteiger partial charge in [0.05, 0.1) is 18.5 Å². The van der Waals surface area contributed by atoms with Crippen LogP contribution >= 0.6 is 0 Å². The van der Waals surface area contributed by atoms with Gasteiger partial charge in [-0.15, -0.1) is 0 Å². The molecule has 0 saturated carbocycles.